The zero-order chi connectivity index (χ0) is 12.4. The molecule has 0 aliphatic carbocycles. The van der Waals surface area contributed by atoms with Gasteiger partial charge in [-0.25, -0.2) is 4.79 Å². The lowest BCUT2D eigenvalue weighted by Crippen LogP contribution is -2.33. The molecule has 0 fully saturated rings. The first kappa shape index (κ1) is 11.6. The average molecular weight is 297 g/mol. The summed E-state index contributed by atoms with van der Waals surface area (Å²) in [6, 6.07) is 5.35. The molecule has 0 bridgehead atoms. The number of hydrogen-bond donors (Lipinski definition) is 2. The molecule has 0 aliphatic rings. The van der Waals surface area contributed by atoms with Crippen molar-refractivity contribution in [1.82, 2.24) is 14.5 Å². The zero-order valence-electron chi connectivity index (χ0n) is 8.68. The maximum absolute atomic E-state index is 11.6. The van der Waals surface area contributed by atoms with Crippen LogP contribution in [0, 0.1) is 0 Å². The van der Waals surface area contributed by atoms with E-state index in [1.807, 2.05) is 6.07 Å². The quantitative estimate of drug-likeness (QED) is 0.835. The molecule has 0 atom stereocenters. The Balaban J connectivity index is 2.51. The molecule has 0 unspecified atom stereocenters. The van der Waals surface area contributed by atoms with Crippen LogP contribution in [-0.2, 0) is 6.54 Å². The van der Waals surface area contributed by atoms with Gasteiger partial charge in [0.25, 0.3) is 5.56 Å². The Morgan fingerprint density at radius 2 is 2.18 bits per heavy atom. The number of nitrogens with two attached hydrogens (primary N) is 1. The van der Waals surface area contributed by atoms with Gasteiger partial charge in [0.15, 0.2) is 0 Å². The van der Waals surface area contributed by atoms with Crippen molar-refractivity contribution < 1.29 is 0 Å². The van der Waals surface area contributed by atoms with Gasteiger partial charge in [0.05, 0.1) is 12.2 Å². The van der Waals surface area contributed by atoms with E-state index in [0.29, 0.717) is 5.69 Å². The van der Waals surface area contributed by atoms with Gasteiger partial charge in [0.1, 0.15) is 10.3 Å². The molecule has 2 aromatic rings. The van der Waals surface area contributed by atoms with Crippen molar-refractivity contribution in [2.45, 2.75) is 6.54 Å². The molecule has 88 valence electrons. The fourth-order valence-corrected chi connectivity index (χ4v) is 1.69. The SMILES string of the molecule is Nc1c(Br)c(=O)[nH]c(=O)n1Cc1ccccn1. The minimum Gasteiger partial charge on any atom is -0.384 e. The van der Waals surface area contributed by atoms with Gasteiger partial charge in [0, 0.05) is 6.20 Å². The Kier molecular flexibility index (Phi) is 3.10. The molecule has 2 heterocycles. The molecule has 0 aromatic carbocycles. The van der Waals surface area contributed by atoms with Crippen LogP contribution >= 0.6 is 15.9 Å². The third kappa shape index (κ3) is 2.28. The average Bonchev–Trinajstić information content (AvgIpc) is 2.33. The van der Waals surface area contributed by atoms with Crippen LogP contribution in [0.1, 0.15) is 5.69 Å². The molecular formula is C10H9BrN4O2. The van der Waals surface area contributed by atoms with Crippen LogP contribution < -0.4 is 17.0 Å². The molecule has 17 heavy (non-hydrogen) atoms. The summed E-state index contributed by atoms with van der Waals surface area (Å²) in [5, 5.41) is 0. The van der Waals surface area contributed by atoms with Gasteiger partial charge >= 0.3 is 5.69 Å². The number of aromatic nitrogens is 3. The van der Waals surface area contributed by atoms with Gasteiger partial charge in [-0.2, -0.15) is 0 Å². The summed E-state index contributed by atoms with van der Waals surface area (Å²) >= 11 is 3.03. The van der Waals surface area contributed by atoms with Crippen molar-refractivity contribution in [3.63, 3.8) is 0 Å². The largest absolute Gasteiger partial charge is 0.384 e. The molecule has 0 radical (unpaired) electrons. The van der Waals surface area contributed by atoms with E-state index in [1.165, 1.54) is 4.57 Å². The predicted octanol–water partition coefficient (Wildman–Crippen LogP) is 0.325. The van der Waals surface area contributed by atoms with E-state index in [2.05, 4.69) is 25.9 Å². The number of anilines is 1. The molecule has 0 saturated carbocycles. The van der Waals surface area contributed by atoms with Gasteiger partial charge < -0.3 is 5.73 Å². The summed E-state index contributed by atoms with van der Waals surface area (Å²) in [5.74, 6) is 0.0874. The van der Waals surface area contributed by atoms with Crippen molar-refractivity contribution in [2.75, 3.05) is 5.73 Å². The van der Waals surface area contributed by atoms with E-state index in [0.717, 1.165) is 0 Å². The van der Waals surface area contributed by atoms with Crippen LogP contribution in [0.5, 0.6) is 0 Å². The fourth-order valence-electron chi connectivity index (χ4n) is 1.37. The fraction of sp³-hybridized carbons (Fsp3) is 0.100. The Morgan fingerprint density at radius 1 is 1.41 bits per heavy atom. The number of nitrogens with one attached hydrogen (secondary N) is 1. The van der Waals surface area contributed by atoms with Crippen LogP contribution in [0.15, 0.2) is 38.5 Å². The number of H-pyrrole nitrogens is 1. The van der Waals surface area contributed by atoms with E-state index in [9.17, 15) is 9.59 Å². The molecule has 2 aromatic heterocycles. The van der Waals surface area contributed by atoms with Crippen molar-refractivity contribution in [3.8, 4) is 0 Å². The molecule has 7 heteroatoms. The summed E-state index contributed by atoms with van der Waals surface area (Å²) in [5.41, 5.74) is 5.29. The lowest BCUT2D eigenvalue weighted by atomic mass is 10.3. The smallest absolute Gasteiger partial charge is 0.330 e. The lowest BCUT2D eigenvalue weighted by molar-refractivity contribution is 0.713. The number of pyridine rings is 1. The van der Waals surface area contributed by atoms with Gasteiger partial charge in [-0.05, 0) is 28.1 Å². The van der Waals surface area contributed by atoms with Gasteiger partial charge in [-0.15, -0.1) is 0 Å². The van der Waals surface area contributed by atoms with E-state index in [4.69, 9.17) is 5.73 Å². The molecule has 0 amide bonds. The first-order chi connectivity index (χ1) is 8.09. The summed E-state index contributed by atoms with van der Waals surface area (Å²) < 4.78 is 1.39. The highest BCUT2D eigenvalue weighted by Gasteiger charge is 2.10. The van der Waals surface area contributed by atoms with Gasteiger partial charge in [-0.1, -0.05) is 6.07 Å². The summed E-state index contributed by atoms with van der Waals surface area (Å²) in [6.07, 6.45) is 1.62. The zero-order valence-corrected chi connectivity index (χ0v) is 10.3. The van der Waals surface area contributed by atoms with Crippen LogP contribution in [0.25, 0.3) is 0 Å². The third-order valence-electron chi connectivity index (χ3n) is 2.23. The van der Waals surface area contributed by atoms with E-state index in [1.54, 1.807) is 18.3 Å². The number of rotatable bonds is 2. The highest BCUT2D eigenvalue weighted by Crippen LogP contribution is 2.11. The highest BCUT2D eigenvalue weighted by molar-refractivity contribution is 9.10. The van der Waals surface area contributed by atoms with Crippen molar-refractivity contribution in [2.24, 2.45) is 0 Å². The maximum Gasteiger partial charge on any atom is 0.330 e. The Morgan fingerprint density at radius 3 is 2.82 bits per heavy atom. The van der Waals surface area contributed by atoms with Crippen molar-refractivity contribution in [3.05, 3.63) is 55.4 Å². The van der Waals surface area contributed by atoms with Crippen molar-refractivity contribution >= 4 is 21.7 Å². The van der Waals surface area contributed by atoms with E-state index >= 15 is 0 Å². The summed E-state index contributed by atoms with van der Waals surface area (Å²) in [7, 11) is 0. The van der Waals surface area contributed by atoms with Crippen LogP contribution in [0.4, 0.5) is 5.82 Å². The number of hydrogen-bond acceptors (Lipinski definition) is 4. The molecule has 0 saturated heterocycles. The molecule has 0 spiro atoms. The first-order valence-electron chi connectivity index (χ1n) is 4.77. The standard InChI is InChI=1S/C10H9BrN4O2/c11-7-8(12)15(10(17)14-9(7)16)5-6-3-1-2-4-13-6/h1-4H,5,12H2,(H,14,16,17). The molecule has 3 N–H and O–H groups in total. The minimum absolute atomic E-state index is 0.0874. The lowest BCUT2D eigenvalue weighted by Gasteiger charge is -2.09. The van der Waals surface area contributed by atoms with Gasteiger partial charge in [0.2, 0.25) is 0 Å². The van der Waals surface area contributed by atoms with Crippen LogP contribution in [-0.4, -0.2) is 14.5 Å². The number of nitrogen functional groups attached to an aromatic ring is 1. The maximum atomic E-state index is 11.6. The summed E-state index contributed by atoms with van der Waals surface area (Å²) in [4.78, 5) is 29.1. The Bertz CT molecular complexity index is 648. The first-order valence-corrected chi connectivity index (χ1v) is 5.57. The normalized spacial score (nSPS) is 10.4. The monoisotopic (exact) mass is 296 g/mol. The number of halogens is 1. The Hall–Kier alpha value is -1.89. The second-order valence-electron chi connectivity index (χ2n) is 3.37. The van der Waals surface area contributed by atoms with Crippen molar-refractivity contribution in [1.29, 1.82) is 0 Å². The molecule has 2 rings (SSSR count). The Labute approximate surface area is 104 Å². The predicted molar refractivity (Wildman–Crippen MR) is 66.8 cm³/mol. The van der Waals surface area contributed by atoms with Crippen LogP contribution in [0.3, 0.4) is 0 Å². The third-order valence-corrected chi connectivity index (χ3v) is 2.99. The molecule has 6 nitrogen and oxygen atoms in total. The van der Waals surface area contributed by atoms with E-state index < -0.39 is 11.2 Å². The van der Waals surface area contributed by atoms with Crippen LogP contribution in [0.2, 0.25) is 0 Å². The summed E-state index contributed by atoms with van der Waals surface area (Å²) in [6.45, 7) is 0.209. The van der Waals surface area contributed by atoms with E-state index in [-0.39, 0.29) is 16.8 Å². The second kappa shape index (κ2) is 4.54. The molecular weight excluding hydrogens is 288 g/mol. The second-order valence-corrected chi connectivity index (χ2v) is 4.16. The van der Waals surface area contributed by atoms with Gasteiger partial charge in [-0.3, -0.25) is 19.3 Å². The number of nitrogens with zero attached hydrogens (tertiary/aromatic N) is 2. The minimum atomic E-state index is -0.554. The molecule has 0 aliphatic heterocycles. The highest BCUT2D eigenvalue weighted by atomic mass is 79.9. The number of aromatic amines is 1. The topological polar surface area (TPSA) is 93.8 Å².